The Balaban J connectivity index is 1.68. The van der Waals surface area contributed by atoms with E-state index in [1.807, 2.05) is 30.3 Å². The maximum atomic E-state index is 5.58. The first-order valence-corrected chi connectivity index (χ1v) is 7.72. The molecule has 1 aromatic carbocycles. The summed E-state index contributed by atoms with van der Waals surface area (Å²) < 4.78 is 16.1. The molecule has 1 N–H and O–H groups in total. The first-order valence-electron chi connectivity index (χ1n) is 7.72. The van der Waals surface area contributed by atoms with Gasteiger partial charge in [0.15, 0.2) is 11.5 Å². The molecule has 3 rings (SSSR count). The van der Waals surface area contributed by atoms with Crippen LogP contribution in [0.4, 0.5) is 5.82 Å². The fourth-order valence-corrected chi connectivity index (χ4v) is 2.60. The first-order chi connectivity index (χ1) is 11.3. The van der Waals surface area contributed by atoms with Gasteiger partial charge in [-0.3, -0.25) is 0 Å². The van der Waals surface area contributed by atoms with Crippen LogP contribution in [0, 0.1) is 0 Å². The zero-order chi connectivity index (χ0) is 16.1. The second-order valence-electron chi connectivity index (χ2n) is 5.39. The van der Waals surface area contributed by atoms with Crippen LogP contribution in [0.15, 0.2) is 30.3 Å². The molecule has 0 bridgehead atoms. The van der Waals surface area contributed by atoms with Crippen molar-refractivity contribution in [2.45, 2.75) is 18.9 Å². The Labute approximate surface area is 135 Å². The van der Waals surface area contributed by atoms with Gasteiger partial charge in [0.05, 0.1) is 26.0 Å². The van der Waals surface area contributed by atoms with Crippen molar-refractivity contribution in [1.29, 1.82) is 0 Å². The number of rotatable bonds is 6. The second-order valence-corrected chi connectivity index (χ2v) is 5.39. The van der Waals surface area contributed by atoms with Gasteiger partial charge in [-0.25, -0.2) is 0 Å². The number of ether oxygens (including phenoxy) is 3. The molecule has 1 unspecified atom stereocenters. The molecule has 6 nitrogen and oxygen atoms in total. The lowest BCUT2D eigenvalue weighted by atomic mass is 10.1. The molecule has 0 amide bonds. The molecule has 0 spiro atoms. The Kier molecular flexibility index (Phi) is 4.92. The topological polar surface area (TPSA) is 65.5 Å². The zero-order valence-electron chi connectivity index (χ0n) is 13.4. The lowest BCUT2D eigenvalue weighted by Gasteiger charge is -2.11. The molecule has 0 saturated carbocycles. The summed E-state index contributed by atoms with van der Waals surface area (Å²) in [7, 11) is 3.23. The van der Waals surface area contributed by atoms with E-state index in [0.717, 1.165) is 43.1 Å². The molecule has 122 valence electrons. The minimum absolute atomic E-state index is 0.280. The highest BCUT2D eigenvalue weighted by molar-refractivity contribution is 5.64. The average molecular weight is 315 g/mol. The van der Waals surface area contributed by atoms with E-state index < -0.39 is 0 Å². The Morgan fingerprint density at radius 1 is 1.13 bits per heavy atom. The molecule has 23 heavy (non-hydrogen) atoms. The van der Waals surface area contributed by atoms with Crippen LogP contribution in [0.1, 0.15) is 12.8 Å². The molecule has 1 saturated heterocycles. The number of aromatic nitrogens is 2. The summed E-state index contributed by atoms with van der Waals surface area (Å²) in [5.74, 6) is 2.12. The summed E-state index contributed by atoms with van der Waals surface area (Å²) in [5, 5.41) is 11.8. The number of methoxy groups -OCH3 is 2. The molecule has 1 aliphatic rings. The summed E-state index contributed by atoms with van der Waals surface area (Å²) in [5.41, 5.74) is 1.72. The van der Waals surface area contributed by atoms with E-state index in [1.54, 1.807) is 14.2 Å². The van der Waals surface area contributed by atoms with Crippen molar-refractivity contribution in [3.63, 3.8) is 0 Å². The minimum Gasteiger partial charge on any atom is -0.493 e. The number of nitrogens with zero attached hydrogens (tertiary/aromatic N) is 2. The monoisotopic (exact) mass is 315 g/mol. The van der Waals surface area contributed by atoms with Gasteiger partial charge in [-0.15, -0.1) is 10.2 Å². The molecular weight excluding hydrogens is 294 g/mol. The predicted molar refractivity (Wildman–Crippen MR) is 88.0 cm³/mol. The quantitative estimate of drug-likeness (QED) is 0.884. The van der Waals surface area contributed by atoms with Gasteiger partial charge in [-0.2, -0.15) is 0 Å². The second kappa shape index (κ2) is 7.28. The highest BCUT2D eigenvalue weighted by Gasteiger charge is 2.15. The normalized spacial score (nSPS) is 17.0. The van der Waals surface area contributed by atoms with E-state index >= 15 is 0 Å². The van der Waals surface area contributed by atoms with Crippen LogP contribution in [-0.4, -0.2) is 43.7 Å². The van der Waals surface area contributed by atoms with Crippen molar-refractivity contribution in [3.05, 3.63) is 30.3 Å². The van der Waals surface area contributed by atoms with Gasteiger partial charge in [-0.05, 0) is 43.2 Å². The third kappa shape index (κ3) is 3.71. The highest BCUT2D eigenvalue weighted by Crippen LogP contribution is 2.31. The third-order valence-electron chi connectivity index (χ3n) is 3.88. The van der Waals surface area contributed by atoms with E-state index in [2.05, 4.69) is 15.5 Å². The van der Waals surface area contributed by atoms with E-state index in [-0.39, 0.29) is 6.10 Å². The molecule has 2 heterocycles. The van der Waals surface area contributed by atoms with Crippen LogP contribution in [0.3, 0.4) is 0 Å². The number of anilines is 1. The van der Waals surface area contributed by atoms with Gasteiger partial charge in [0.25, 0.3) is 0 Å². The van der Waals surface area contributed by atoms with Gasteiger partial charge in [0.1, 0.15) is 5.82 Å². The zero-order valence-corrected chi connectivity index (χ0v) is 13.4. The average Bonchev–Trinajstić information content (AvgIpc) is 3.13. The number of hydrogen-bond acceptors (Lipinski definition) is 6. The predicted octanol–water partition coefficient (Wildman–Crippen LogP) is 2.75. The fraction of sp³-hybridized carbons (Fsp3) is 0.412. The largest absolute Gasteiger partial charge is 0.493 e. The Bertz CT molecular complexity index is 640. The van der Waals surface area contributed by atoms with Gasteiger partial charge >= 0.3 is 0 Å². The molecule has 0 radical (unpaired) electrons. The van der Waals surface area contributed by atoms with Crippen LogP contribution in [-0.2, 0) is 4.74 Å². The maximum absolute atomic E-state index is 5.58. The van der Waals surface area contributed by atoms with Crippen molar-refractivity contribution in [3.8, 4) is 22.8 Å². The lowest BCUT2D eigenvalue weighted by Crippen LogP contribution is -2.19. The highest BCUT2D eigenvalue weighted by atomic mass is 16.5. The Morgan fingerprint density at radius 3 is 2.65 bits per heavy atom. The number of hydrogen-bond donors (Lipinski definition) is 1. The molecule has 2 aromatic rings. The SMILES string of the molecule is COc1ccc(-c2ccc(NCC3CCCO3)nn2)cc1OC. The Morgan fingerprint density at radius 2 is 2.00 bits per heavy atom. The van der Waals surface area contributed by atoms with E-state index in [0.29, 0.717) is 11.5 Å². The van der Waals surface area contributed by atoms with Crippen molar-refractivity contribution in [2.75, 3.05) is 32.7 Å². The minimum atomic E-state index is 0.280. The number of nitrogens with one attached hydrogen (secondary N) is 1. The third-order valence-corrected chi connectivity index (χ3v) is 3.88. The van der Waals surface area contributed by atoms with Crippen molar-refractivity contribution < 1.29 is 14.2 Å². The summed E-state index contributed by atoms with van der Waals surface area (Å²) in [6.07, 6.45) is 2.52. The van der Waals surface area contributed by atoms with Gasteiger partial charge in [-0.1, -0.05) is 0 Å². The smallest absolute Gasteiger partial charge is 0.161 e. The van der Waals surface area contributed by atoms with Crippen LogP contribution < -0.4 is 14.8 Å². The van der Waals surface area contributed by atoms with Gasteiger partial charge in [0.2, 0.25) is 0 Å². The molecule has 6 heteroatoms. The van der Waals surface area contributed by atoms with Crippen LogP contribution >= 0.6 is 0 Å². The van der Waals surface area contributed by atoms with Crippen LogP contribution in [0.25, 0.3) is 11.3 Å². The van der Waals surface area contributed by atoms with E-state index in [4.69, 9.17) is 14.2 Å². The lowest BCUT2D eigenvalue weighted by molar-refractivity contribution is 0.120. The fourth-order valence-electron chi connectivity index (χ4n) is 2.60. The summed E-state index contributed by atoms with van der Waals surface area (Å²) in [6.45, 7) is 1.63. The van der Waals surface area contributed by atoms with Crippen molar-refractivity contribution in [1.82, 2.24) is 10.2 Å². The summed E-state index contributed by atoms with van der Waals surface area (Å²) >= 11 is 0. The molecule has 0 aliphatic carbocycles. The molecular formula is C17H21N3O3. The Hall–Kier alpha value is -2.34. The molecule has 1 fully saturated rings. The van der Waals surface area contributed by atoms with E-state index in [9.17, 15) is 0 Å². The summed E-state index contributed by atoms with van der Waals surface area (Å²) in [6, 6.07) is 9.55. The first kappa shape index (κ1) is 15.6. The van der Waals surface area contributed by atoms with Crippen molar-refractivity contribution in [2.24, 2.45) is 0 Å². The number of benzene rings is 1. The van der Waals surface area contributed by atoms with Crippen molar-refractivity contribution >= 4 is 5.82 Å². The van der Waals surface area contributed by atoms with Gasteiger partial charge < -0.3 is 19.5 Å². The van der Waals surface area contributed by atoms with Crippen LogP contribution in [0.5, 0.6) is 11.5 Å². The maximum Gasteiger partial charge on any atom is 0.161 e. The molecule has 1 atom stereocenters. The molecule has 1 aliphatic heterocycles. The van der Waals surface area contributed by atoms with Crippen LogP contribution in [0.2, 0.25) is 0 Å². The van der Waals surface area contributed by atoms with Gasteiger partial charge in [0, 0.05) is 18.7 Å². The standard InChI is InChI=1S/C17H21N3O3/c1-21-15-7-5-12(10-16(15)22-2)14-6-8-17(20-19-14)18-11-13-4-3-9-23-13/h5-8,10,13H,3-4,9,11H2,1-2H3,(H,18,20). The van der Waals surface area contributed by atoms with E-state index in [1.165, 1.54) is 0 Å². The molecule has 1 aromatic heterocycles. The summed E-state index contributed by atoms with van der Waals surface area (Å²) in [4.78, 5) is 0.